The first kappa shape index (κ1) is 21.9. The maximum Gasteiger partial charge on any atom is 0.319 e. The number of rotatable bonds is 17. The number of thioether (sulfide) groups is 1. The number of hydrogen-bond donors (Lipinski definition) is 0. The van der Waals surface area contributed by atoms with Crippen molar-refractivity contribution in [2.45, 2.75) is 120 Å². The molecule has 1 fully saturated rings. The van der Waals surface area contributed by atoms with Gasteiger partial charge in [0.15, 0.2) is 0 Å². The van der Waals surface area contributed by atoms with Crippen molar-refractivity contribution in [3.8, 4) is 0 Å². The molecule has 1 rings (SSSR count). The lowest BCUT2D eigenvalue weighted by molar-refractivity contribution is -0.139. The largest absolute Gasteiger partial charge is 0.468 e. The second kappa shape index (κ2) is 15.1. The molecule has 0 N–H and O–H groups in total. The Morgan fingerprint density at radius 2 is 1.17 bits per heavy atom. The Balaban J connectivity index is 1.69. The van der Waals surface area contributed by atoms with Crippen LogP contribution in [0.1, 0.15) is 110 Å². The van der Waals surface area contributed by atoms with Crippen molar-refractivity contribution in [2.24, 2.45) is 0 Å². The first-order valence-corrected chi connectivity index (χ1v) is 11.5. The van der Waals surface area contributed by atoms with Crippen LogP contribution in [0.4, 0.5) is 0 Å². The molecule has 142 valence electrons. The van der Waals surface area contributed by atoms with E-state index < -0.39 is 0 Å². The minimum atomic E-state index is -0.0223. The zero-order valence-corrected chi connectivity index (χ0v) is 17.0. The van der Waals surface area contributed by atoms with E-state index in [2.05, 4.69) is 6.92 Å². The van der Waals surface area contributed by atoms with Gasteiger partial charge in [0, 0.05) is 5.25 Å². The molecule has 24 heavy (non-hydrogen) atoms. The average molecular weight is 357 g/mol. The van der Waals surface area contributed by atoms with Gasteiger partial charge in [0.1, 0.15) is 5.25 Å². The minimum absolute atomic E-state index is 0.0223. The van der Waals surface area contributed by atoms with Gasteiger partial charge in [-0.1, -0.05) is 103 Å². The maximum absolute atomic E-state index is 11.3. The highest BCUT2D eigenvalue weighted by Crippen LogP contribution is 2.45. The molecule has 2 atom stereocenters. The second-order valence-electron chi connectivity index (χ2n) is 7.36. The normalized spacial score (nSPS) is 19.4. The Kier molecular flexibility index (Phi) is 13.8. The lowest BCUT2D eigenvalue weighted by Gasteiger charge is -2.03. The van der Waals surface area contributed by atoms with Gasteiger partial charge >= 0.3 is 5.97 Å². The maximum atomic E-state index is 11.3. The van der Waals surface area contributed by atoms with Crippen LogP contribution >= 0.6 is 11.8 Å². The third kappa shape index (κ3) is 11.4. The zero-order chi connectivity index (χ0) is 17.5. The highest BCUT2D eigenvalue weighted by atomic mass is 32.2. The lowest BCUT2D eigenvalue weighted by Crippen LogP contribution is -2.10. The molecule has 1 heterocycles. The smallest absolute Gasteiger partial charge is 0.319 e. The molecule has 0 radical (unpaired) electrons. The molecule has 0 aliphatic carbocycles. The minimum Gasteiger partial charge on any atom is -0.468 e. The van der Waals surface area contributed by atoms with E-state index >= 15 is 0 Å². The van der Waals surface area contributed by atoms with Crippen molar-refractivity contribution in [3.63, 3.8) is 0 Å². The predicted molar refractivity (Wildman–Crippen MR) is 107 cm³/mol. The van der Waals surface area contributed by atoms with E-state index in [1.54, 1.807) is 11.8 Å². The van der Waals surface area contributed by atoms with Crippen LogP contribution in [-0.2, 0) is 9.53 Å². The number of carbonyl (C=O) groups is 1. The molecule has 0 bridgehead atoms. The van der Waals surface area contributed by atoms with Crippen molar-refractivity contribution in [1.82, 2.24) is 0 Å². The van der Waals surface area contributed by atoms with Gasteiger partial charge in [-0.05, 0) is 6.42 Å². The summed E-state index contributed by atoms with van der Waals surface area (Å²) < 4.78 is 4.77. The zero-order valence-electron chi connectivity index (χ0n) is 16.2. The molecule has 1 aliphatic rings. The number of ether oxygens (including phenoxy) is 1. The van der Waals surface area contributed by atoms with E-state index in [-0.39, 0.29) is 11.2 Å². The highest BCUT2D eigenvalue weighted by Gasteiger charge is 2.44. The van der Waals surface area contributed by atoms with Crippen LogP contribution in [0.25, 0.3) is 0 Å². The van der Waals surface area contributed by atoms with Crippen molar-refractivity contribution in [1.29, 1.82) is 0 Å². The van der Waals surface area contributed by atoms with Crippen molar-refractivity contribution < 1.29 is 9.53 Å². The number of unbranched alkanes of at least 4 members (excludes halogenated alkanes) is 14. The third-order valence-corrected chi connectivity index (χ3v) is 6.47. The number of methoxy groups -OCH3 is 1. The van der Waals surface area contributed by atoms with Crippen molar-refractivity contribution in [3.05, 3.63) is 0 Å². The molecule has 0 amide bonds. The van der Waals surface area contributed by atoms with Gasteiger partial charge < -0.3 is 4.74 Å². The van der Waals surface area contributed by atoms with Crippen molar-refractivity contribution in [2.75, 3.05) is 7.11 Å². The van der Waals surface area contributed by atoms with Crippen LogP contribution < -0.4 is 0 Å². The predicted octanol–water partition coefficient (Wildman–Crippen LogP) is 6.90. The fraction of sp³-hybridized carbons (Fsp3) is 0.952. The molecule has 0 aromatic carbocycles. The summed E-state index contributed by atoms with van der Waals surface area (Å²) in [6.45, 7) is 2.28. The number of hydrogen-bond acceptors (Lipinski definition) is 3. The first-order chi connectivity index (χ1) is 11.8. The molecule has 0 aromatic heterocycles. The molecular formula is C21H40O2S. The molecular weight excluding hydrogens is 316 g/mol. The number of esters is 1. The first-order valence-electron chi connectivity index (χ1n) is 10.5. The summed E-state index contributed by atoms with van der Waals surface area (Å²) in [5.74, 6) is -0.0223. The summed E-state index contributed by atoms with van der Waals surface area (Å²) in [5.41, 5.74) is 0. The van der Waals surface area contributed by atoms with Crippen LogP contribution in [0.15, 0.2) is 0 Å². The van der Waals surface area contributed by atoms with E-state index in [9.17, 15) is 4.79 Å². The lowest BCUT2D eigenvalue weighted by atomic mass is 10.0. The van der Waals surface area contributed by atoms with Crippen LogP contribution in [0.5, 0.6) is 0 Å². The van der Waals surface area contributed by atoms with Gasteiger partial charge in [-0.25, -0.2) is 0 Å². The second-order valence-corrected chi connectivity index (χ2v) is 8.74. The van der Waals surface area contributed by atoms with Crippen LogP contribution in [-0.4, -0.2) is 23.6 Å². The van der Waals surface area contributed by atoms with E-state index in [0.29, 0.717) is 5.25 Å². The molecule has 0 spiro atoms. The monoisotopic (exact) mass is 356 g/mol. The Hall–Kier alpha value is -0.180. The summed E-state index contributed by atoms with van der Waals surface area (Å²) >= 11 is 1.78. The SMILES string of the molecule is CCCCCCCCCCCCCCCCCC1SC1C(=O)OC. The van der Waals surface area contributed by atoms with Gasteiger partial charge in [0.25, 0.3) is 0 Å². The summed E-state index contributed by atoms with van der Waals surface area (Å²) in [5, 5.41) is 0.709. The Bertz CT molecular complexity index is 306. The fourth-order valence-electron chi connectivity index (χ4n) is 3.40. The van der Waals surface area contributed by atoms with Crippen molar-refractivity contribution >= 4 is 17.7 Å². The molecule has 2 nitrogen and oxygen atoms in total. The average Bonchev–Trinajstić information content (AvgIpc) is 3.37. The van der Waals surface area contributed by atoms with E-state index in [1.165, 1.54) is 110 Å². The van der Waals surface area contributed by atoms with Gasteiger partial charge in [-0.3, -0.25) is 4.79 Å². The summed E-state index contributed by atoms with van der Waals surface area (Å²) in [6.07, 6.45) is 22.3. The highest BCUT2D eigenvalue weighted by molar-refractivity contribution is 8.08. The Morgan fingerprint density at radius 3 is 1.58 bits per heavy atom. The Morgan fingerprint density at radius 1 is 0.750 bits per heavy atom. The van der Waals surface area contributed by atoms with Gasteiger partial charge in [-0.15, -0.1) is 11.8 Å². The van der Waals surface area contributed by atoms with E-state index in [0.717, 1.165) is 0 Å². The third-order valence-electron chi connectivity index (χ3n) is 5.11. The molecule has 2 unspecified atom stereocenters. The van der Waals surface area contributed by atoms with Gasteiger partial charge in [0.05, 0.1) is 7.11 Å². The van der Waals surface area contributed by atoms with Gasteiger partial charge in [0.2, 0.25) is 0 Å². The molecule has 1 aliphatic heterocycles. The summed E-state index contributed by atoms with van der Waals surface area (Å²) in [4.78, 5) is 11.3. The Labute approximate surface area is 154 Å². The summed E-state index contributed by atoms with van der Waals surface area (Å²) in [7, 11) is 1.49. The van der Waals surface area contributed by atoms with Crippen LogP contribution in [0.3, 0.4) is 0 Å². The topological polar surface area (TPSA) is 26.3 Å². The molecule has 1 saturated heterocycles. The quantitative estimate of drug-likeness (QED) is 0.161. The van der Waals surface area contributed by atoms with Crippen LogP contribution in [0, 0.1) is 0 Å². The summed E-state index contributed by atoms with van der Waals surface area (Å²) in [6, 6.07) is 0. The van der Waals surface area contributed by atoms with E-state index in [4.69, 9.17) is 4.74 Å². The van der Waals surface area contributed by atoms with Crippen LogP contribution in [0.2, 0.25) is 0 Å². The standard InChI is InChI=1S/C21H40O2S/c1-3-4-5-6-7-8-9-10-11-12-13-14-15-16-17-18-19-20(24-19)21(22)23-2/h19-20H,3-18H2,1-2H3. The van der Waals surface area contributed by atoms with Gasteiger partial charge in [-0.2, -0.15) is 0 Å². The fourth-order valence-corrected chi connectivity index (χ4v) is 4.45. The molecule has 3 heteroatoms. The molecule has 0 saturated carbocycles. The van der Waals surface area contributed by atoms with E-state index in [1.807, 2.05) is 0 Å². The molecule has 0 aromatic rings. The number of carbonyl (C=O) groups excluding carboxylic acids is 1.